The van der Waals surface area contributed by atoms with Gasteiger partial charge in [0, 0.05) is 17.7 Å². The molecular formula is C23H25NO5S. The number of rotatable bonds is 7. The van der Waals surface area contributed by atoms with E-state index in [-0.39, 0.29) is 28.5 Å². The fraction of sp³-hybridized carbons (Fsp3) is 0.304. The predicted octanol–water partition coefficient (Wildman–Crippen LogP) is 4.24. The van der Waals surface area contributed by atoms with Crippen LogP contribution in [0.4, 0.5) is 0 Å². The van der Waals surface area contributed by atoms with Crippen molar-refractivity contribution < 1.29 is 22.7 Å². The number of Topliss-reactive ketones (excluding diaryl/α,β-unsaturated/α-hetero) is 1. The maximum atomic E-state index is 13.5. The molecule has 0 unspecified atom stereocenters. The second-order valence-electron chi connectivity index (χ2n) is 7.38. The summed E-state index contributed by atoms with van der Waals surface area (Å²) in [7, 11) is -3.98. The van der Waals surface area contributed by atoms with Crippen LogP contribution in [-0.2, 0) is 19.6 Å². The number of ketones is 1. The number of hydrogen-bond donors (Lipinski definition) is 0. The van der Waals surface area contributed by atoms with E-state index < -0.39 is 27.7 Å². The quantitative estimate of drug-likeness (QED) is 0.488. The van der Waals surface area contributed by atoms with Gasteiger partial charge in [-0.15, -0.1) is 0 Å². The minimum atomic E-state index is -3.98. The van der Waals surface area contributed by atoms with Crippen molar-refractivity contribution in [1.29, 1.82) is 0 Å². The van der Waals surface area contributed by atoms with Crippen LogP contribution >= 0.6 is 0 Å². The number of unbranched alkanes of at least 4 members (excludes halogenated alkanes) is 1. The molecule has 0 atom stereocenters. The van der Waals surface area contributed by atoms with Gasteiger partial charge in [0.05, 0.1) is 10.8 Å². The van der Waals surface area contributed by atoms with Crippen molar-refractivity contribution in [2.75, 3.05) is 6.54 Å². The number of carbonyl (C=O) groups excluding carboxylic acids is 2. The first-order valence-corrected chi connectivity index (χ1v) is 11.4. The fourth-order valence-electron chi connectivity index (χ4n) is 3.16. The van der Waals surface area contributed by atoms with Gasteiger partial charge in [-0.05, 0) is 18.6 Å². The molecule has 0 radical (unpaired) electrons. The lowest BCUT2D eigenvalue weighted by molar-refractivity contribution is -0.140. The number of benzene rings is 2. The topological polar surface area (TPSA) is 80.8 Å². The summed E-state index contributed by atoms with van der Waals surface area (Å²) in [6.07, 6.45) is 1.29. The molecule has 6 nitrogen and oxygen atoms in total. The first-order valence-electron chi connectivity index (χ1n) is 9.96. The molecule has 0 aliphatic carbocycles. The molecule has 0 spiro atoms. The molecule has 30 heavy (non-hydrogen) atoms. The molecule has 3 rings (SSSR count). The Morgan fingerprint density at radius 3 is 2.27 bits per heavy atom. The van der Waals surface area contributed by atoms with Crippen molar-refractivity contribution in [2.45, 2.75) is 38.5 Å². The van der Waals surface area contributed by atoms with Crippen LogP contribution in [0.2, 0.25) is 0 Å². The van der Waals surface area contributed by atoms with Gasteiger partial charge in [0.2, 0.25) is 5.78 Å². The second kappa shape index (κ2) is 8.83. The van der Waals surface area contributed by atoms with Gasteiger partial charge in [0.15, 0.2) is 5.76 Å². The largest absolute Gasteiger partial charge is 0.423 e. The lowest BCUT2D eigenvalue weighted by Crippen LogP contribution is -2.39. The average Bonchev–Trinajstić information content (AvgIpc) is 2.74. The first kappa shape index (κ1) is 21.8. The van der Waals surface area contributed by atoms with Crippen LogP contribution in [0.25, 0.3) is 5.76 Å². The number of esters is 1. The molecule has 2 aromatic carbocycles. The molecule has 0 saturated heterocycles. The molecular weight excluding hydrogens is 402 g/mol. The van der Waals surface area contributed by atoms with Crippen LogP contribution in [-0.4, -0.2) is 31.0 Å². The lowest BCUT2D eigenvalue weighted by Gasteiger charge is -2.33. The Morgan fingerprint density at radius 2 is 1.63 bits per heavy atom. The van der Waals surface area contributed by atoms with Gasteiger partial charge in [-0.1, -0.05) is 69.7 Å². The fourth-order valence-corrected chi connectivity index (χ4v) is 4.86. The van der Waals surface area contributed by atoms with E-state index in [2.05, 4.69) is 0 Å². The van der Waals surface area contributed by atoms with E-state index in [1.165, 1.54) is 6.07 Å². The normalized spacial score (nSPS) is 15.1. The molecule has 0 fully saturated rings. The molecule has 1 aliphatic heterocycles. The highest BCUT2D eigenvalue weighted by atomic mass is 32.2. The van der Waals surface area contributed by atoms with Gasteiger partial charge in [-0.25, -0.2) is 8.42 Å². The maximum absolute atomic E-state index is 13.5. The number of fused-ring (bicyclic) bond motifs is 1. The number of hydrogen-bond acceptors (Lipinski definition) is 5. The third kappa shape index (κ3) is 4.03. The van der Waals surface area contributed by atoms with Crippen molar-refractivity contribution in [3.05, 3.63) is 71.4 Å². The molecule has 1 heterocycles. The minimum Gasteiger partial charge on any atom is -0.423 e. The molecule has 0 N–H and O–H groups in total. The monoisotopic (exact) mass is 427 g/mol. The Bertz CT molecular complexity index is 1090. The first-order chi connectivity index (χ1) is 14.3. The number of nitrogens with zero attached hydrogens (tertiary/aromatic N) is 1. The van der Waals surface area contributed by atoms with E-state index in [1.807, 2.05) is 6.92 Å². The Balaban J connectivity index is 2.31. The summed E-state index contributed by atoms with van der Waals surface area (Å²) < 4.78 is 33.6. The van der Waals surface area contributed by atoms with Crippen LogP contribution in [0.15, 0.2) is 65.2 Å². The molecule has 7 heteroatoms. The summed E-state index contributed by atoms with van der Waals surface area (Å²) in [6, 6.07) is 14.7. The van der Waals surface area contributed by atoms with E-state index >= 15 is 0 Å². The van der Waals surface area contributed by atoms with E-state index in [4.69, 9.17) is 4.74 Å². The van der Waals surface area contributed by atoms with Crippen molar-refractivity contribution in [1.82, 2.24) is 4.31 Å². The van der Waals surface area contributed by atoms with Gasteiger partial charge in [0.1, 0.15) is 5.70 Å². The van der Waals surface area contributed by atoms with Crippen LogP contribution in [0.5, 0.6) is 0 Å². The van der Waals surface area contributed by atoms with Gasteiger partial charge in [-0.3, -0.25) is 13.9 Å². The van der Waals surface area contributed by atoms with E-state index in [9.17, 15) is 18.0 Å². The predicted molar refractivity (Wildman–Crippen MR) is 114 cm³/mol. The number of ether oxygens (including phenoxy) is 1. The second-order valence-corrected chi connectivity index (χ2v) is 9.21. The van der Waals surface area contributed by atoms with E-state index in [1.54, 1.807) is 62.4 Å². The SMILES string of the molecule is CCCCN1C(C(=O)c2ccccc2)=C(OC(=O)C(C)C)c2ccccc2S1(=O)=O. The van der Waals surface area contributed by atoms with Gasteiger partial charge in [-0.2, -0.15) is 0 Å². The Labute approximate surface area is 177 Å². The molecule has 1 aliphatic rings. The van der Waals surface area contributed by atoms with Crippen LogP contribution in [0.3, 0.4) is 0 Å². The van der Waals surface area contributed by atoms with Crippen molar-refractivity contribution >= 4 is 27.5 Å². The highest BCUT2D eigenvalue weighted by Crippen LogP contribution is 2.39. The van der Waals surface area contributed by atoms with Crippen LogP contribution in [0, 0.1) is 5.92 Å². The maximum Gasteiger partial charge on any atom is 0.313 e. The number of sulfonamides is 1. The summed E-state index contributed by atoms with van der Waals surface area (Å²) in [6.45, 7) is 5.42. The summed E-state index contributed by atoms with van der Waals surface area (Å²) in [5.41, 5.74) is 0.419. The molecule has 0 amide bonds. The Kier molecular flexibility index (Phi) is 6.41. The third-order valence-corrected chi connectivity index (χ3v) is 6.66. The molecule has 0 aromatic heterocycles. The van der Waals surface area contributed by atoms with Gasteiger partial charge >= 0.3 is 5.97 Å². The summed E-state index contributed by atoms with van der Waals surface area (Å²) in [5, 5.41) is 0. The van der Waals surface area contributed by atoms with Crippen molar-refractivity contribution in [2.24, 2.45) is 5.92 Å². The van der Waals surface area contributed by atoms with Crippen molar-refractivity contribution in [3.63, 3.8) is 0 Å². The Morgan fingerprint density at radius 1 is 1.00 bits per heavy atom. The van der Waals surface area contributed by atoms with Gasteiger partial charge in [0.25, 0.3) is 10.0 Å². The minimum absolute atomic E-state index is 0.0101. The molecule has 158 valence electrons. The zero-order valence-electron chi connectivity index (χ0n) is 17.3. The standard InChI is InChI=1S/C23H25NO5S/c1-4-5-15-24-20(21(25)17-11-7-6-8-12-17)22(29-23(26)16(2)3)18-13-9-10-14-19(18)30(24,27)28/h6-14,16H,4-5,15H2,1-3H3. The lowest BCUT2D eigenvalue weighted by atomic mass is 10.0. The average molecular weight is 428 g/mol. The summed E-state index contributed by atoms with van der Waals surface area (Å²) in [5.74, 6) is -1.49. The smallest absolute Gasteiger partial charge is 0.313 e. The van der Waals surface area contributed by atoms with Crippen LogP contribution in [0.1, 0.15) is 49.5 Å². The number of carbonyl (C=O) groups is 2. The molecule has 2 aromatic rings. The summed E-state index contributed by atoms with van der Waals surface area (Å²) in [4.78, 5) is 26.0. The van der Waals surface area contributed by atoms with E-state index in [0.717, 1.165) is 10.7 Å². The number of allylic oxidation sites excluding steroid dienone is 1. The zero-order valence-corrected chi connectivity index (χ0v) is 18.1. The van der Waals surface area contributed by atoms with E-state index in [0.29, 0.717) is 12.0 Å². The highest BCUT2D eigenvalue weighted by molar-refractivity contribution is 7.89. The van der Waals surface area contributed by atoms with Gasteiger partial charge < -0.3 is 4.74 Å². The van der Waals surface area contributed by atoms with Crippen LogP contribution < -0.4 is 0 Å². The molecule has 0 saturated carbocycles. The zero-order chi connectivity index (χ0) is 21.9. The Hall–Kier alpha value is -2.93. The third-order valence-electron chi connectivity index (χ3n) is 4.80. The molecule has 0 bridgehead atoms. The summed E-state index contributed by atoms with van der Waals surface area (Å²) >= 11 is 0. The van der Waals surface area contributed by atoms with Crippen molar-refractivity contribution in [3.8, 4) is 0 Å². The highest BCUT2D eigenvalue weighted by Gasteiger charge is 2.41.